The number of benzene rings is 1. The highest BCUT2D eigenvalue weighted by molar-refractivity contribution is 6.05. The van der Waals surface area contributed by atoms with Crippen LogP contribution in [0, 0.1) is 5.82 Å². The smallest absolute Gasteiger partial charge is 0.274 e. The van der Waals surface area contributed by atoms with Crippen molar-refractivity contribution in [3.63, 3.8) is 0 Å². The molecule has 7 heteroatoms. The predicted molar refractivity (Wildman–Crippen MR) is 102 cm³/mol. The van der Waals surface area contributed by atoms with E-state index in [0.29, 0.717) is 0 Å². The minimum Gasteiger partial charge on any atom is -0.334 e. The molecule has 0 radical (unpaired) electrons. The molecule has 0 aliphatic rings. The van der Waals surface area contributed by atoms with E-state index < -0.39 is 17.3 Å². The fraction of sp³-hybridized carbons (Fsp3) is 0.350. The van der Waals surface area contributed by atoms with E-state index in [4.69, 9.17) is 0 Å². The van der Waals surface area contributed by atoms with Crippen molar-refractivity contribution in [3.8, 4) is 0 Å². The van der Waals surface area contributed by atoms with E-state index in [9.17, 15) is 18.8 Å². The van der Waals surface area contributed by atoms with Crippen LogP contribution in [-0.2, 0) is 7.05 Å². The van der Waals surface area contributed by atoms with E-state index in [0.717, 1.165) is 6.07 Å². The number of amides is 2. The lowest BCUT2D eigenvalue weighted by Gasteiger charge is -2.31. The molecule has 6 nitrogen and oxygen atoms in total. The van der Waals surface area contributed by atoms with Gasteiger partial charge in [0.05, 0.1) is 11.1 Å². The van der Waals surface area contributed by atoms with Gasteiger partial charge >= 0.3 is 0 Å². The highest BCUT2D eigenvalue weighted by Crippen LogP contribution is 2.15. The number of hydrogen-bond acceptors (Lipinski definition) is 3. The molecule has 1 aromatic heterocycles. The molecule has 0 aliphatic carbocycles. The Labute approximate surface area is 157 Å². The van der Waals surface area contributed by atoms with Gasteiger partial charge in [-0.05, 0) is 45.9 Å². The van der Waals surface area contributed by atoms with Crippen LogP contribution in [0.2, 0.25) is 0 Å². The second kappa shape index (κ2) is 8.16. The summed E-state index contributed by atoms with van der Waals surface area (Å²) < 4.78 is 15.0. The Bertz CT molecular complexity index is 911. The van der Waals surface area contributed by atoms with Gasteiger partial charge in [-0.1, -0.05) is 12.1 Å². The average molecular weight is 373 g/mol. The lowest BCUT2D eigenvalue weighted by molar-refractivity contribution is 0.0642. The van der Waals surface area contributed by atoms with Crippen LogP contribution in [-0.4, -0.2) is 33.4 Å². The van der Waals surface area contributed by atoms with Crippen LogP contribution in [0.5, 0.6) is 0 Å². The number of carbonyl (C=O) groups is 2. The fourth-order valence-electron chi connectivity index (χ4n) is 2.97. The number of pyridine rings is 1. The zero-order valence-corrected chi connectivity index (χ0v) is 16.1. The zero-order chi connectivity index (χ0) is 20.3. The van der Waals surface area contributed by atoms with Gasteiger partial charge in [0.1, 0.15) is 11.5 Å². The van der Waals surface area contributed by atoms with Crippen LogP contribution < -0.4 is 10.9 Å². The number of aryl methyl sites for hydroxylation is 1. The topological polar surface area (TPSA) is 71.4 Å². The number of anilines is 1. The SMILES string of the molecule is CC(C)N(C(=O)c1cc(NC(=O)c2ccccc2F)c(=O)n(C)c1)C(C)C. The Morgan fingerprint density at radius 3 is 2.26 bits per heavy atom. The Hall–Kier alpha value is -2.96. The first-order chi connectivity index (χ1) is 12.6. The summed E-state index contributed by atoms with van der Waals surface area (Å²) in [6, 6.07) is 6.74. The van der Waals surface area contributed by atoms with Gasteiger partial charge in [0.15, 0.2) is 0 Å². The third kappa shape index (κ3) is 4.42. The van der Waals surface area contributed by atoms with Gasteiger partial charge in [0, 0.05) is 25.3 Å². The van der Waals surface area contributed by atoms with Crippen molar-refractivity contribution in [2.45, 2.75) is 39.8 Å². The third-order valence-corrected chi connectivity index (χ3v) is 4.14. The van der Waals surface area contributed by atoms with Crippen molar-refractivity contribution >= 4 is 17.5 Å². The van der Waals surface area contributed by atoms with Crippen LogP contribution >= 0.6 is 0 Å². The number of carbonyl (C=O) groups excluding carboxylic acids is 2. The first kappa shape index (κ1) is 20.4. The molecule has 0 fully saturated rings. The maximum atomic E-state index is 13.8. The third-order valence-electron chi connectivity index (χ3n) is 4.14. The normalized spacial score (nSPS) is 11.0. The first-order valence-corrected chi connectivity index (χ1v) is 8.72. The molecule has 0 atom stereocenters. The van der Waals surface area contributed by atoms with Crippen LogP contribution in [0.15, 0.2) is 41.3 Å². The van der Waals surface area contributed by atoms with Crippen LogP contribution in [0.25, 0.3) is 0 Å². The minimum atomic E-state index is -0.751. The Morgan fingerprint density at radius 1 is 1.11 bits per heavy atom. The van der Waals surface area contributed by atoms with Crippen LogP contribution in [0.3, 0.4) is 0 Å². The van der Waals surface area contributed by atoms with E-state index in [1.165, 1.54) is 42.1 Å². The number of nitrogens with zero attached hydrogens (tertiary/aromatic N) is 2. The van der Waals surface area contributed by atoms with Crippen molar-refractivity contribution in [2.24, 2.45) is 7.05 Å². The molecule has 1 heterocycles. The second-order valence-corrected chi connectivity index (χ2v) is 6.89. The molecule has 0 saturated heterocycles. The standard InChI is InChI=1S/C20H24FN3O3/c1-12(2)24(13(3)4)19(26)14-10-17(20(27)23(5)11-14)22-18(25)15-8-6-7-9-16(15)21/h6-13H,1-5H3,(H,22,25). The number of aromatic nitrogens is 1. The van der Waals surface area contributed by atoms with Gasteiger partial charge in [0.2, 0.25) is 0 Å². The van der Waals surface area contributed by atoms with Gasteiger partial charge in [0.25, 0.3) is 17.4 Å². The summed E-state index contributed by atoms with van der Waals surface area (Å²) in [5.41, 5.74) is -0.480. The van der Waals surface area contributed by atoms with E-state index in [2.05, 4.69) is 5.32 Å². The largest absolute Gasteiger partial charge is 0.334 e. The van der Waals surface area contributed by atoms with Crippen molar-refractivity contribution in [1.29, 1.82) is 0 Å². The number of nitrogens with one attached hydrogen (secondary N) is 1. The van der Waals surface area contributed by atoms with Crippen LogP contribution in [0.1, 0.15) is 48.4 Å². The molecule has 2 aromatic rings. The van der Waals surface area contributed by atoms with Crippen molar-refractivity contribution in [3.05, 3.63) is 63.8 Å². The Balaban J connectivity index is 2.42. The molecule has 1 aromatic carbocycles. The maximum absolute atomic E-state index is 13.8. The molecular weight excluding hydrogens is 349 g/mol. The molecule has 2 rings (SSSR count). The number of rotatable bonds is 5. The van der Waals surface area contributed by atoms with E-state index in [1.807, 2.05) is 27.7 Å². The van der Waals surface area contributed by atoms with Crippen molar-refractivity contribution in [2.75, 3.05) is 5.32 Å². The highest BCUT2D eigenvalue weighted by Gasteiger charge is 2.23. The highest BCUT2D eigenvalue weighted by atomic mass is 19.1. The Kier molecular flexibility index (Phi) is 6.15. The zero-order valence-electron chi connectivity index (χ0n) is 16.1. The molecule has 0 bridgehead atoms. The quantitative estimate of drug-likeness (QED) is 0.876. The molecule has 1 N–H and O–H groups in total. The molecule has 144 valence electrons. The van der Waals surface area contributed by atoms with Crippen LogP contribution in [0.4, 0.5) is 10.1 Å². The lowest BCUT2D eigenvalue weighted by atomic mass is 10.1. The van der Waals surface area contributed by atoms with Gasteiger partial charge in [-0.3, -0.25) is 14.4 Å². The molecule has 2 amide bonds. The molecule has 27 heavy (non-hydrogen) atoms. The number of hydrogen-bond donors (Lipinski definition) is 1. The summed E-state index contributed by atoms with van der Waals surface area (Å²) in [5, 5.41) is 2.42. The summed E-state index contributed by atoms with van der Waals surface area (Å²) in [7, 11) is 1.49. The molecular formula is C20H24FN3O3. The van der Waals surface area contributed by atoms with E-state index in [1.54, 1.807) is 4.90 Å². The minimum absolute atomic E-state index is 0.0359. The molecule has 0 aliphatic heterocycles. The summed E-state index contributed by atoms with van der Waals surface area (Å²) in [5.74, 6) is -1.69. The van der Waals surface area contributed by atoms with E-state index in [-0.39, 0.29) is 34.8 Å². The van der Waals surface area contributed by atoms with Gasteiger partial charge < -0.3 is 14.8 Å². The van der Waals surface area contributed by atoms with Crippen molar-refractivity contribution in [1.82, 2.24) is 9.47 Å². The maximum Gasteiger partial charge on any atom is 0.274 e. The van der Waals surface area contributed by atoms with E-state index >= 15 is 0 Å². The monoisotopic (exact) mass is 373 g/mol. The average Bonchev–Trinajstić information content (AvgIpc) is 2.58. The van der Waals surface area contributed by atoms with Crippen molar-refractivity contribution < 1.29 is 14.0 Å². The fourth-order valence-corrected chi connectivity index (χ4v) is 2.97. The molecule has 0 saturated carbocycles. The number of halogens is 1. The summed E-state index contributed by atoms with van der Waals surface area (Å²) in [6.45, 7) is 7.61. The summed E-state index contributed by atoms with van der Waals surface area (Å²) in [6.07, 6.45) is 1.43. The summed E-state index contributed by atoms with van der Waals surface area (Å²) in [4.78, 5) is 39.3. The molecule has 0 unspecified atom stereocenters. The molecule has 0 spiro atoms. The summed E-state index contributed by atoms with van der Waals surface area (Å²) >= 11 is 0. The first-order valence-electron chi connectivity index (χ1n) is 8.72. The van der Waals surface area contributed by atoms with Gasteiger partial charge in [-0.15, -0.1) is 0 Å². The predicted octanol–water partition coefficient (Wildman–Crippen LogP) is 3.04. The lowest BCUT2D eigenvalue weighted by Crippen LogP contribution is -2.42. The van der Waals surface area contributed by atoms with Gasteiger partial charge in [-0.25, -0.2) is 4.39 Å². The van der Waals surface area contributed by atoms with Gasteiger partial charge in [-0.2, -0.15) is 0 Å². The second-order valence-electron chi connectivity index (χ2n) is 6.89. The Morgan fingerprint density at radius 2 is 1.70 bits per heavy atom.